The van der Waals surface area contributed by atoms with Crippen molar-refractivity contribution in [3.8, 4) is 0 Å². The Labute approximate surface area is 173 Å². The van der Waals surface area contributed by atoms with Gasteiger partial charge in [-0.05, 0) is 48.7 Å². The van der Waals surface area contributed by atoms with Gasteiger partial charge >= 0.3 is 0 Å². The second-order valence-corrected chi connectivity index (χ2v) is 9.51. The predicted octanol–water partition coefficient (Wildman–Crippen LogP) is 4.53. The van der Waals surface area contributed by atoms with Gasteiger partial charge in [0.2, 0.25) is 5.91 Å². The number of anilines is 2. The smallest absolute Gasteiger partial charge is 0.237 e. The van der Waals surface area contributed by atoms with Crippen LogP contribution in [0.4, 0.5) is 11.4 Å². The van der Waals surface area contributed by atoms with Gasteiger partial charge in [-0.15, -0.1) is 23.1 Å². The molecule has 1 saturated heterocycles. The molecular formula is C22H23N3OS2. The van der Waals surface area contributed by atoms with Crippen molar-refractivity contribution in [3.05, 3.63) is 53.9 Å². The molecule has 0 bridgehead atoms. The quantitative estimate of drug-likeness (QED) is 0.687. The van der Waals surface area contributed by atoms with Gasteiger partial charge in [0.15, 0.2) is 0 Å². The number of thiophene rings is 1. The van der Waals surface area contributed by atoms with E-state index in [1.54, 1.807) is 11.8 Å². The number of rotatable bonds is 4. The number of para-hydroxylation sites is 1. The molecule has 1 fully saturated rings. The molecule has 6 heteroatoms. The van der Waals surface area contributed by atoms with Gasteiger partial charge in [-0.1, -0.05) is 18.2 Å². The summed E-state index contributed by atoms with van der Waals surface area (Å²) in [6, 6.07) is 16.9. The van der Waals surface area contributed by atoms with Crippen molar-refractivity contribution in [2.45, 2.75) is 16.6 Å². The molecule has 3 heterocycles. The van der Waals surface area contributed by atoms with Gasteiger partial charge in [0, 0.05) is 46.8 Å². The van der Waals surface area contributed by atoms with E-state index in [4.69, 9.17) is 0 Å². The molecule has 5 rings (SSSR count). The molecule has 28 heavy (non-hydrogen) atoms. The molecule has 2 aromatic carbocycles. The van der Waals surface area contributed by atoms with Crippen LogP contribution in [-0.4, -0.2) is 48.8 Å². The van der Waals surface area contributed by atoms with E-state index in [1.165, 1.54) is 20.7 Å². The molecule has 4 nitrogen and oxygen atoms in total. The summed E-state index contributed by atoms with van der Waals surface area (Å²) >= 11 is 3.51. The van der Waals surface area contributed by atoms with Crippen LogP contribution in [0.15, 0.2) is 58.8 Å². The molecular weight excluding hydrogens is 386 g/mol. The van der Waals surface area contributed by atoms with Gasteiger partial charge in [0.1, 0.15) is 0 Å². The Morgan fingerprint density at radius 3 is 2.75 bits per heavy atom. The van der Waals surface area contributed by atoms with Crippen molar-refractivity contribution in [1.29, 1.82) is 0 Å². The molecule has 0 saturated carbocycles. The number of carbonyl (C=O) groups is 1. The zero-order valence-electron chi connectivity index (χ0n) is 15.6. The van der Waals surface area contributed by atoms with E-state index in [9.17, 15) is 4.79 Å². The number of hydrogen-bond acceptors (Lipinski definition) is 5. The highest BCUT2D eigenvalue weighted by Crippen LogP contribution is 2.37. The Morgan fingerprint density at radius 1 is 1.00 bits per heavy atom. The Bertz CT molecular complexity index is 994. The standard InChI is InChI=1S/C22H23N3OS2/c26-22-21(28-20-6-2-1-4-17(20)23-22)8-10-24-11-13-25(14-12-24)18-5-3-7-19-16(18)9-15-27-19/h1-7,9,15,21H,8,10-14H2,(H,23,26). The average Bonchev–Trinajstić information content (AvgIpc) is 3.22. The Morgan fingerprint density at radius 2 is 1.86 bits per heavy atom. The molecule has 144 valence electrons. The number of nitrogens with one attached hydrogen (secondary N) is 1. The third kappa shape index (κ3) is 3.52. The fourth-order valence-electron chi connectivity index (χ4n) is 4.05. The highest BCUT2D eigenvalue weighted by Gasteiger charge is 2.27. The Hall–Kier alpha value is -2.02. The third-order valence-electron chi connectivity index (χ3n) is 5.60. The molecule has 0 aliphatic carbocycles. The fraction of sp³-hybridized carbons (Fsp3) is 0.318. The summed E-state index contributed by atoms with van der Waals surface area (Å²) in [5.74, 6) is 0.145. The van der Waals surface area contributed by atoms with E-state index in [0.29, 0.717) is 0 Å². The van der Waals surface area contributed by atoms with E-state index in [1.807, 2.05) is 29.5 Å². The number of amides is 1. The lowest BCUT2D eigenvalue weighted by atomic mass is 10.1. The Balaban J connectivity index is 1.17. The van der Waals surface area contributed by atoms with Crippen LogP contribution < -0.4 is 10.2 Å². The summed E-state index contributed by atoms with van der Waals surface area (Å²) < 4.78 is 1.36. The van der Waals surface area contributed by atoms with E-state index in [0.717, 1.165) is 44.8 Å². The largest absolute Gasteiger partial charge is 0.368 e. The molecule has 2 aliphatic rings. The number of thioether (sulfide) groups is 1. The zero-order chi connectivity index (χ0) is 18.9. The highest BCUT2D eigenvalue weighted by molar-refractivity contribution is 8.01. The molecule has 1 N–H and O–H groups in total. The van der Waals surface area contributed by atoms with Gasteiger partial charge in [-0.2, -0.15) is 0 Å². The molecule has 3 aromatic rings. The molecule has 1 atom stereocenters. The molecule has 1 amide bonds. The van der Waals surface area contributed by atoms with Gasteiger partial charge in [0.25, 0.3) is 0 Å². The summed E-state index contributed by atoms with van der Waals surface area (Å²) in [7, 11) is 0. The number of benzene rings is 2. The van der Waals surface area contributed by atoms with E-state index >= 15 is 0 Å². The lowest BCUT2D eigenvalue weighted by Crippen LogP contribution is -2.47. The van der Waals surface area contributed by atoms with E-state index in [-0.39, 0.29) is 11.2 Å². The van der Waals surface area contributed by atoms with Gasteiger partial charge in [0.05, 0.1) is 10.9 Å². The van der Waals surface area contributed by atoms with Crippen LogP contribution in [0.5, 0.6) is 0 Å². The van der Waals surface area contributed by atoms with Crippen molar-refractivity contribution in [2.75, 3.05) is 42.9 Å². The second kappa shape index (κ2) is 7.78. The maximum atomic E-state index is 12.4. The minimum atomic E-state index is 0.00693. The zero-order valence-corrected chi connectivity index (χ0v) is 17.3. The number of nitrogens with zero attached hydrogens (tertiary/aromatic N) is 2. The lowest BCUT2D eigenvalue weighted by Gasteiger charge is -2.37. The normalized spacial score (nSPS) is 20.2. The first-order valence-electron chi connectivity index (χ1n) is 9.78. The van der Waals surface area contributed by atoms with Crippen molar-refractivity contribution < 1.29 is 4.79 Å². The fourth-order valence-corrected chi connectivity index (χ4v) is 5.96. The average molecular weight is 410 g/mol. The van der Waals surface area contributed by atoms with Crippen molar-refractivity contribution in [1.82, 2.24) is 4.90 Å². The van der Waals surface area contributed by atoms with Crippen LogP contribution in [0.1, 0.15) is 6.42 Å². The summed E-state index contributed by atoms with van der Waals surface area (Å²) in [4.78, 5) is 18.6. The van der Waals surface area contributed by atoms with E-state index in [2.05, 4.69) is 50.8 Å². The summed E-state index contributed by atoms with van der Waals surface area (Å²) in [5.41, 5.74) is 2.31. The Kier molecular flexibility index (Phi) is 5.01. The first kappa shape index (κ1) is 18.0. The van der Waals surface area contributed by atoms with Crippen molar-refractivity contribution >= 4 is 50.5 Å². The second-order valence-electron chi connectivity index (χ2n) is 7.32. The minimum Gasteiger partial charge on any atom is -0.368 e. The van der Waals surface area contributed by atoms with Crippen LogP contribution in [0.2, 0.25) is 0 Å². The predicted molar refractivity (Wildman–Crippen MR) is 120 cm³/mol. The SMILES string of the molecule is O=C1Nc2ccccc2SC1CCN1CCN(c2cccc3sccc23)CC1. The number of piperazine rings is 1. The maximum Gasteiger partial charge on any atom is 0.237 e. The van der Waals surface area contributed by atoms with Gasteiger partial charge in [-0.25, -0.2) is 0 Å². The highest BCUT2D eigenvalue weighted by atomic mass is 32.2. The summed E-state index contributed by atoms with van der Waals surface area (Å²) in [5, 5.41) is 6.61. The molecule has 0 spiro atoms. The minimum absolute atomic E-state index is 0.00693. The monoisotopic (exact) mass is 409 g/mol. The van der Waals surface area contributed by atoms with Crippen molar-refractivity contribution in [3.63, 3.8) is 0 Å². The van der Waals surface area contributed by atoms with Gasteiger partial charge in [-0.3, -0.25) is 9.69 Å². The number of carbonyl (C=O) groups excluding carboxylic acids is 1. The molecule has 1 aromatic heterocycles. The van der Waals surface area contributed by atoms with E-state index < -0.39 is 0 Å². The molecule has 0 radical (unpaired) electrons. The summed E-state index contributed by atoms with van der Waals surface area (Å²) in [6.45, 7) is 5.17. The van der Waals surface area contributed by atoms with Crippen LogP contribution in [-0.2, 0) is 4.79 Å². The molecule has 2 aliphatic heterocycles. The first-order chi connectivity index (χ1) is 13.8. The molecule has 1 unspecified atom stereocenters. The topological polar surface area (TPSA) is 35.6 Å². The van der Waals surface area contributed by atoms with Crippen molar-refractivity contribution in [2.24, 2.45) is 0 Å². The van der Waals surface area contributed by atoms with Crippen LogP contribution >= 0.6 is 23.1 Å². The third-order valence-corrected chi connectivity index (χ3v) is 7.83. The van der Waals surface area contributed by atoms with Crippen LogP contribution in [0, 0.1) is 0 Å². The number of fused-ring (bicyclic) bond motifs is 2. The summed E-state index contributed by atoms with van der Waals surface area (Å²) in [6.07, 6.45) is 0.894. The number of hydrogen-bond donors (Lipinski definition) is 1. The first-order valence-corrected chi connectivity index (χ1v) is 11.5. The van der Waals surface area contributed by atoms with Gasteiger partial charge < -0.3 is 10.2 Å². The van der Waals surface area contributed by atoms with Crippen LogP contribution in [0.25, 0.3) is 10.1 Å². The maximum absolute atomic E-state index is 12.4. The van der Waals surface area contributed by atoms with Crippen LogP contribution in [0.3, 0.4) is 0 Å². The lowest BCUT2D eigenvalue weighted by molar-refractivity contribution is -0.116.